The van der Waals surface area contributed by atoms with E-state index in [1.807, 2.05) is 60.0 Å². The van der Waals surface area contributed by atoms with Gasteiger partial charge in [-0.1, -0.05) is 30.0 Å². The van der Waals surface area contributed by atoms with Crippen molar-refractivity contribution in [2.75, 3.05) is 12.4 Å². The minimum Gasteiger partial charge on any atom is -0.497 e. The number of hydrogen-bond acceptors (Lipinski definition) is 8. The molecule has 7 nitrogen and oxygen atoms in total. The molecule has 0 bridgehead atoms. The molecule has 2 aromatic heterocycles. The molecule has 2 heterocycles. The number of thioether (sulfide) groups is 1. The number of anilines is 2. The zero-order valence-electron chi connectivity index (χ0n) is 14.4. The zero-order chi connectivity index (χ0) is 18.5. The van der Waals surface area contributed by atoms with E-state index in [1.165, 1.54) is 0 Å². The summed E-state index contributed by atoms with van der Waals surface area (Å²) in [4.78, 5) is 4.63. The van der Waals surface area contributed by atoms with Crippen LogP contribution in [-0.2, 0) is 5.75 Å². The summed E-state index contributed by atoms with van der Waals surface area (Å²) in [6.07, 6.45) is 0. The summed E-state index contributed by atoms with van der Waals surface area (Å²) in [7, 11) is 1.65. The molecule has 0 spiro atoms. The number of benzene rings is 2. The monoisotopic (exact) mass is 396 g/mol. The second-order valence-electron chi connectivity index (χ2n) is 5.49. The summed E-state index contributed by atoms with van der Waals surface area (Å²) >= 11 is 3.12. The van der Waals surface area contributed by atoms with Gasteiger partial charge in [-0.25, -0.2) is 4.98 Å². The van der Waals surface area contributed by atoms with Gasteiger partial charge in [0.2, 0.25) is 5.16 Å². The molecule has 0 saturated heterocycles. The first kappa shape index (κ1) is 17.5. The molecule has 0 aliphatic rings. The predicted octanol–water partition coefficient (Wildman–Crippen LogP) is 4.16. The Kier molecular flexibility index (Phi) is 5.31. The van der Waals surface area contributed by atoms with Crippen LogP contribution in [0.5, 0.6) is 5.75 Å². The third kappa shape index (κ3) is 4.26. The maximum atomic E-state index is 5.17. The lowest BCUT2D eigenvalue weighted by molar-refractivity contribution is 0.415. The number of thiazole rings is 1. The summed E-state index contributed by atoms with van der Waals surface area (Å²) in [6, 6.07) is 17.6. The number of rotatable bonds is 7. The molecule has 9 heteroatoms. The van der Waals surface area contributed by atoms with Crippen LogP contribution >= 0.6 is 23.1 Å². The van der Waals surface area contributed by atoms with Crippen molar-refractivity contribution < 1.29 is 4.74 Å². The van der Waals surface area contributed by atoms with Gasteiger partial charge >= 0.3 is 0 Å². The average molecular weight is 397 g/mol. The van der Waals surface area contributed by atoms with Crippen LogP contribution in [-0.4, -0.2) is 32.3 Å². The van der Waals surface area contributed by atoms with Crippen molar-refractivity contribution in [1.82, 2.24) is 25.2 Å². The van der Waals surface area contributed by atoms with Crippen LogP contribution in [0, 0.1) is 0 Å². The number of ether oxygens (including phenoxy) is 1. The van der Waals surface area contributed by atoms with E-state index in [0.29, 0.717) is 5.75 Å². The van der Waals surface area contributed by atoms with E-state index in [2.05, 4.69) is 25.8 Å². The van der Waals surface area contributed by atoms with Crippen molar-refractivity contribution in [3.63, 3.8) is 0 Å². The molecule has 27 heavy (non-hydrogen) atoms. The lowest BCUT2D eigenvalue weighted by atomic mass is 10.3. The van der Waals surface area contributed by atoms with Gasteiger partial charge in [-0.05, 0) is 46.8 Å². The molecule has 0 aliphatic heterocycles. The minimum atomic E-state index is 0.688. The molecule has 0 amide bonds. The van der Waals surface area contributed by atoms with E-state index < -0.39 is 0 Å². The highest BCUT2D eigenvalue weighted by Gasteiger charge is 2.10. The largest absolute Gasteiger partial charge is 0.497 e. The first-order valence-electron chi connectivity index (χ1n) is 8.14. The highest BCUT2D eigenvalue weighted by atomic mass is 32.2. The first-order chi connectivity index (χ1) is 13.3. The van der Waals surface area contributed by atoms with Gasteiger partial charge in [0, 0.05) is 16.8 Å². The molecule has 4 rings (SSSR count). The highest BCUT2D eigenvalue weighted by molar-refractivity contribution is 7.98. The SMILES string of the molecule is COc1ccc(Nc2nc(CSc3nnnn3-c3ccccc3)cs2)cc1. The standard InChI is InChI=1S/C18H16N6OS2/c1-25-16-9-7-13(8-10-16)19-17-20-14(11-26-17)12-27-18-21-22-23-24(18)15-5-3-2-4-6-15/h2-11H,12H2,1H3,(H,19,20). The van der Waals surface area contributed by atoms with E-state index in [-0.39, 0.29) is 0 Å². The normalized spacial score (nSPS) is 10.7. The van der Waals surface area contributed by atoms with E-state index in [9.17, 15) is 0 Å². The lowest BCUT2D eigenvalue weighted by Gasteiger charge is -2.04. The van der Waals surface area contributed by atoms with Gasteiger partial charge in [-0.3, -0.25) is 0 Å². The summed E-state index contributed by atoms with van der Waals surface area (Å²) in [5, 5.41) is 18.9. The Morgan fingerprint density at radius 2 is 1.93 bits per heavy atom. The van der Waals surface area contributed by atoms with Gasteiger partial charge in [0.15, 0.2) is 5.13 Å². The summed E-state index contributed by atoms with van der Waals surface area (Å²) in [6.45, 7) is 0. The zero-order valence-corrected chi connectivity index (χ0v) is 16.1. The van der Waals surface area contributed by atoms with Crippen molar-refractivity contribution in [1.29, 1.82) is 0 Å². The van der Waals surface area contributed by atoms with Gasteiger partial charge in [-0.15, -0.1) is 16.4 Å². The fraction of sp³-hybridized carbons (Fsp3) is 0.111. The maximum absolute atomic E-state index is 5.17. The maximum Gasteiger partial charge on any atom is 0.214 e. The molecule has 136 valence electrons. The summed E-state index contributed by atoms with van der Waals surface area (Å²) in [5.74, 6) is 1.52. The van der Waals surface area contributed by atoms with Crippen LogP contribution in [0.2, 0.25) is 0 Å². The van der Waals surface area contributed by atoms with Crippen molar-refractivity contribution in [2.45, 2.75) is 10.9 Å². The predicted molar refractivity (Wildman–Crippen MR) is 107 cm³/mol. The molecule has 0 aliphatic carbocycles. The van der Waals surface area contributed by atoms with E-state index in [1.54, 1.807) is 34.9 Å². The Morgan fingerprint density at radius 3 is 2.70 bits per heavy atom. The van der Waals surface area contributed by atoms with Crippen LogP contribution in [0.15, 0.2) is 65.1 Å². The molecule has 4 aromatic rings. The number of methoxy groups -OCH3 is 1. The third-order valence-electron chi connectivity index (χ3n) is 3.68. The van der Waals surface area contributed by atoms with Gasteiger partial charge in [-0.2, -0.15) is 4.68 Å². The number of hydrogen-bond donors (Lipinski definition) is 1. The molecular formula is C18H16N6OS2. The Bertz CT molecular complexity index is 1000. The second-order valence-corrected chi connectivity index (χ2v) is 7.30. The average Bonchev–Trinajstić information content (AvgIpc) is 3.37. The van der Waals surface area contributed by atoms with Crippen LogP contribution in [0.3, 0.4) is 0 Å². The number of para-hydroxylation sites is 1. The lowest BCUT2D eigenvalue weighted by Crippen LogP contribution is -1.98. The highest BCUT2D eigenvalue weighted by Crippen LogP contribution is 2.27. The number of tetrazole rings is 1. The van der Waals surface area contributed by atoms with E-state index in [0.717, 1.165) is 33.1 Å². The molecule has 2 aromatic carbocycles. The molecule has 1 N–H and O–H groups in total. The minimum absolute atomic E-state index is 0.688. The molecule has 0 saturated carbocycles. The Balaban J connectivity index is 1.40. The van der Waals surface area contributed by atoms with Gasteiger partial charge in [0.25, 0.3) is 0 Å². The van der Waals surface area contributed by atoms with Gasteiger partial charge < -0.3 is 10.1 Å². The fourth-order valence-electron chi connectivity index (χ4n) is 2.37. The van der Waals surface area contributed by atoms with E-state index in [4.69, 9.17) is 4.74 Å². The van der Waals surface area contributed by atoms with Crippen molar-refractivity contribution in [3.8, 4) is 11.4 Å². The third-order valence-corrected chi connectivity index (χ3v) is 5.44. The van der Waals surface area contributed by atoms with E-state index >= 15 is 0 Å². The van der Waals surface area contributed by atoms with Crippen LogP contribution < -0.4 is 10.1 Å². The Hall–Kier alpha value is -2.91. The summed E-state index contributed by atoms with van der Waals surface area (Å²) < 4.78 is 6.90. The number of nitrogens with zero attached hydrogens (tertiary/aromatic N) is 5. The van der Waals surface area contributed by atoms with Crippen LogP contribution in [0.25, 0.3) is 5.69 Å². The van der Waals surface area contributed by atoms with Crippen molar-refractivity contribution in [3.05, 3.63) is 65.7 Å². The van der Waals surface area contributed by atoms with Gasteiger partial charge in [0.05, 0.1) is 18.5 Å². The topological polar surface area (TPSA) is 77.8 Å². The number of aromatic nitrogens is 5. The fourth-order valence-corrected chi connectivity index (χ4v) is 3.99. The molecular weight excluding hydrogens is 380 g/mol. The number of nitrogens with one attached hydrogen (secondary N) is 1. The molecule has 0 radical (unpaired) electrons. The van der Waals surface area contributed by atoms with Crippen molar-refractivity contribution in [2.24, 2.45) is 0 Å². The first-order valence-corrected chi connectivity index (χ1v) is 10.0. The van der Waals surface area contributed by atoms with Crippen molar-refractivity contribution >= 4 is 33.9 Å². The Morgan fingerprint density at radius 1 is 1.11 bits per heavy atom. The Labute approximate surface area is 164 Å². The smallest absolute Gasteiger partial charge is 0.214 e. The molecule has 0 fully saturated rings. The van der Waals surface area contributed by atoms with Crippen LogP contribution in [0.1, 0.15) is 5.69 Å². The van der Waals surface area contributed by atoms with Gasteiger partial charge in [0.1, 0.15) is 5.75 Å². The molecule has 0 unspecified atom stereocenters. The van der Waals surface area contributed by atoms with Crippen LogP contribution in [0.4, 0.5) is 10.8 Å². The quantitative estimate of drug-likeness (QED) is 0.470. The second kappa shape index (κ2) is 8.19. The summed E-state index contributed by atoms with van der Waals surface area (Å²) in [5.41, 5.74) is 2.88. The molecule has 0 atom stereocenters.